The fourth-order valence-electron chi connectivity index (χ4n) is 4.77. The summed E-state index contributed by atoms with van der Waals surface area (Å²) in [6.45, 7) is 16.8. The van der Waals surface area contributed by atoms with Gasteiger partial charge in [-0.2, -0.15) is 0 Å². The van der Waals surface area contributed by atoms with Crippen LogP contribution >= 0.6 is 35.3 Å². The fourth-order valence-corrected chi connectivity index (χ4v) is 8.44. The van der Waals surface area contributed by atoms with Crippen LogP contribution in [0.4, 0.5) is 0 Å². The molecule has 1 aromatic rings. The highest BCUT2D eigenvalue weighted by molar-refractivity contribution is 8.01. The number of nitrogens with zero attached hydrogens (tertiary/aromatic N) is 3. The van der Waals surface area contributed by atoms with Crippen molar-refractivity contribution in [2.75, 3.05) is 37.1 Å². The first-order chi connectivity index (χ1) is 24.2. The molecule has 12 nitrogen and oxygen atoms in total. The molecule has 0 aliphatic heterocycles. The number of hydrogen-bond donors (Lipinski definition) is 0. The van der Waals surface area contributed by atoms with E-state index in [4.69, 9.17) is 14.2 Å². The highest BCUT2D eigenvalue weighted by Gasteiger charge is 2.24. The Bertz CT molecular complexity index is 1180. The third-order valence-electron chi connectivity index (χ3n) is 7.40. The van der Waals surface area contributed by atoms with Crippen LogP contribution < -0.4 is 17.1 Å². The SMILES string of the molecule is CCCC(SCC(C)C)C(=O)OCCn1c(=O)n(CCOC(=O)C(CCC)SCC(C)C)c(=O)n(CCOC(=O)C(CCC)SCC(C)C)c1=O. The summed E-state index contributed by atoms with van der Waals surface area (Å²) in [4.78, 5) is 79.4. The van der Waals surface area contributed by atoms with Gasteiger partial charge in [0.2, 0.25) is 0 Å². The van der Waals surface area contributed by atoms with Gasteiger partial charge in [0.1, 0.15) is 35.6 Å². The summed E-state index contributed by atoms with van der Waals surface area (Å²) in [6, 6.07) is 0. The maximum absolute atomic E-state index is 13.5. The Morgan fingerprint density at radius 1 is 0.490 bits per heavy atom. The number of rotatable bonds is 27. The topological polar surface area (TPSA) is 145 Å². The number of carbonyl (C=O) groups is 3. The molecule has 0 saturated heterocycles. The molecule has 0 amide bonds. The third kappa shape index (κ3) is 17.5. The van der Waals surface area contributed by atoms with Crippen molar-refractivity contribution in [1.29, 1.82) is 0 Å². The summed E-state index contributed by atoms with van der Waals surface area (Å²) in [6.07, 6.45) is 4.28. The van der Waals surface area contributed by atoms with E-state index in [1.807, 2.05) is 20.8 Å². The first-order valence-corrected chi connectivity index (χ1v) is 21.6. The molecule has 0 aliphatic carbocycles. The molecule has 1 heterocycles. The number of carbonyl (C=O) groups excluding carboxylic acids is 3. The summed E-state index contributed by atoms with van der Waals surface area (Å²) < 4.78 is 19.1. The molecule has 3 unspecified atom stereocenters. The summed E-state index contributed by atoms with van der Waals surface area (Å²) in [5, 5.41) is -1.10. The van der Waals surface area contributed by atoms with Gasteiger partial charge in [-0.05, 0) is 54.3 Å². The summed E-state index contributed by atoms with van der Waals surface area (Å²) in [7, 11) is 0. The molecular weight excluding hydrogens is 715 g/mol. The first-order valence-electron chi connectivity index (χ1n) is 18.5. The molecule has 0 radical (unpaired) electrons. The molecular formula is C36H63N3O9S3. The number of hydrogen-bond acceptors (Lipinski definition) is 12. The van der Waals surface area contributed by atoms with Gasteiger partial charge in [0, 0.05) is 0 Å². The molecule has 294 valence electrons. The van der Waals surface area contributed by atoms with Crippen molar-refractivity contribution in [3.63, 3.8) is 0 Å². The van der Waals surface area contributed by atoms with Crippen LogP contribution in [0.3, 0.4) is 0 Å². The number of esters is 3. The van der Waals surface area contributed by atoms with Gasteiger partial charge in [0.25, 0.3) is 0 Å². The lowest BCUT2D eigenvalue weighted by molar-refractivity contribution is -0.144. The van der Waals surface area contributed by atoms with E-state index in [-0.39, 0.29) is 55.2 Å². The molecule has 1 rings (SSSR count). The maximum Gasteiger partial charge on any atom is 0.336 e. The van der Waals surface area contributed by atoms with Crippen LogP contribution in [0, 0.1) is 17.8 Å². The van der Waals surface area contributed by atoms with Crippen LogP contribution in [0.1, 0.15) is 101 Å². The van der Waals surface area contributed by atoms with E-state index in [0.29, 0.717) is 37.0 Å². The average molecular weight is 778 g/mol. The Balaban J connectivity index is 3.28. The van der Waals surface area contributed by atoms with Gasteiger partial charge in [-0.25, -0.2) is 28.1 Å². The van der Waals surface area contributed by atoms with Crippen molar-refractivity contribution in [2.45, 2.75) is 136 Å². The summed E-state index contributed by atoms with van der Waals surface area (Å²) in [5.74, 6) is 2.29. The van der Waals surface area contributed by atoms with E-state index in [9.17, 15) is 28.8 Å². The van der Waals surface area contributed by atoms with Gasteiger partial charge in [-0.15, -0.1) is 35.3 Å². The Morgan fingerprint density at radius 2 is 0.725 bits per heavy atom. The smallest absolute Gasteiger partial charge is 0.336 e. The van der Waals surface area contributed by atoms with Gasteiger partial charge >= 0.3 is 35.0 Å². The quantitative estimate of drug-likeness (QED) is 0.0825. The molecule has 0 N–H and O–H groups in total. The zero-order chi connectivity index (χ0) is 38.5. The van der Waals surface area contributed by atoms with Crippen molar-refractivity contribution >= 4 is 53.2 Å². The number of thioether (sulfide) groups is 3. The molecule has 0 saturated carbocycles. The molecule has 51 heavy (non-hydrogen) atoms. The predicted molar refractivity (Wildman–Crippen MR) is 210 cm³/mol. The molecule has 0 aromatic carbocycles. The predicted octanol–water partition coefficient (Wildman–Crippen LogP) is 5.48. The Hall–Kier alpha value is -2.13. The molecule has 15 heteroatoms. The third-order valence-corrected chi connectivity index (χ3v) is 12.5. The van der Waals surface area contributed by atoms with Crippen molar-refractivity contribution in [1.82, 2.24) is 13.7 Å². The van der Waals surface area contributed by atoms with Crippen molar-refractivity contribution in [3.05, 3.63) is 31.5 Å². The summed E-state index contributed by atoms with van der Waals surface area (Å²) >= 11 is 4.57. The van der Waals surface area contributed by atoms with E-state index < -0.39 is 35.0 Å². The Kier molecular flexibility index (Phi) is 23.7. The number of aromatic nitrogens is 3. The van der Waals surface area contributed by atoms with Crippen molar-refractivity contribution < 1.29 is 28.6 Å². The van der Waals surface area contributed by atoms with Gasteiger partial charge in [0.15, 0.2) is 0 Å². The van der Waals surface area contributed by atoms with E-state index in [2.05, 4.69) is 41.5 Å². The second-order valence-electron chi connectivity index (χ2n) is 13.8. The van der Waals surface area contributed by atoms with Crippen LogP contribution in [0.5, 0.6) is 0 Å². The van der Waals surface area contributed by atoms with Crippen LogP contribution in [-0.4, -0.2) is 84.4 Å². The largest absolute Gasteiger partial charge is 0.463 e. The zero-order valence-electron chi connectivity index (χ0n) is 32.3. The van der Waals surface area contributed by atoms with E-state index in [0.717, 1.165) is 50.2 Å². The first kappa shape index (κ1) is 46.9. The van der Waals surface area contributed by atoms with Gasteiger partial charge in [-0.1, -0.05) is 81.6 Å². The van der Waals surface area contributed by atoms with E-state index >= 15 is 0 Å². The summed E-state index contributed by atoms with van der Waals surface area (Å²) in [5.41, 5.74) is -2.72. The number of ether oxygens (including phenoxy) is 3. The fraction of sp³-hybridized carbons (Fsp3) is 0.833. The molecule has 1 aromatic heterocycles. The Morgan fingerprint density at radius 3 is 0.922 bits per heavy atom. The Labute approximate surface area is 316 Å². The van der Waals surface area contributed by atoms with Gasteiger partial charge < -0.3 is 14.2 Å². The second kappa shape index (κ2) is 25.8. The lowest BCUT2D eigenvalue weighted by Gasteiger charge is -2.18. The lowest BCUT2D eigenvalue weighted by atomic mass is 10.2. The van der Waals surface area contributed by atoms with Crippen LogP contribution in [0.15, 0.2) is 14.4 Å². The van der Waals surface area contributed by atoms with Crippen LogP contribution in [0.25, 0.3) is 0 Å². The molecule has 0 bridgehead atoms. The lowest BCUT2D eigenvalue weighted by Crippen LogP contribution is -2.55. The monoisotopic (exact) mass is 777 g/mol. The van der Waals surface area contributed by atoms with Crippen LogP contribution in [-0.2, 0) is 48.2 Å². The van der Waals surface area contributed by atoms with E-state index in [1.54, 1.807) is 0 Å². The zero-order valence-corrected chi connectivity index (χ0v) is 34.8. The van der Waals surface area contributed by atoms with Gasteiger partial charge in [-0.3, -0.25) is 14.4 Å². The van der Waals surface area contributed by atoms with E-state index in [1.165, 1.54) is 35.3 Å². The minimum Gasteiger partial charge on any atom is -0.463 e. The standard InChI is InChI=1S/C36H63N3O9S3/c1-10-13-28(49-22-25(4)5)31(40)46-19-16-37-34(43)38(17-20-47-32(41)29(14-11-2)50-23-26(6)7)36(45)39(35(37)44)18-21-48-33(42)30(15-12-3)51-24-27(8)9/h25-30H,10-24H2,1-9H3. The second-order valence-corrected chi connectivity index (χ2v) is 17.5. The highest BCUT2D eigenvalue weighted by atomic mass is 32.2. The van der Waals surface area contributed by atoms with Gasteiger partial charge in [0.05, 0.1) is 19.6 Å². The minimum absolute atomic E-state index is 0.254. The molecule has 3 atom stereocenters. The average Bonchev–Trinajstić information content (AvgIpc) is 3.07. The minimum atomic E-state index is -0.906. The normalized spacial score (nSPS) is 13.4. The molecule has 0 fully saturated rings. The molecule has 0 spiro atoms. The highest BCUT2D eigenvalue weighted by Crippen LogP contribution is 2.22. The van der Waals surface area contributed by atoms with Crippen molar-refractivity contribution in [3.8, 4) is 0 Å². The molecule has 0 aliphatic rings. The van der Waals surface area contributed by atoms with Crippen LogP contribution in [0.2, 0.25) is 0 Å². The maximum atomic E-state index is 13.5. The van der Waals surface area contributed by atoms with Crippen molar-refractivity contribution in [2.24, 2.45) is 17.8 Å².